The average molecular weight is 212 g/mol. The Morgan fingerprint density at radius 2 is 1.86 bits per heavy atom. The van der Waals surface area contributed by atoms with Gasteiger partial charge >= 0.3 is 0 Å². The molecule has 1 rings (SSSR count). The summed E-state index contributed by atoms with van der Waals surface area (Å²) in [5.41, 5.74) is 0. The van der Waals surface area contributed by atoms with Gasteiger partial charge in [0.15, 0.2) is 9.84 Å². The van der Waals surface area contributed by atoms with Crippen molar-refractivity contribution in [3.63, 3.8) is 0 Å². The van der Waals surface area contributed by atoms with Gasteiger partial charge in [-0.25, -0.2) is 8.42 Å². The molecular formula is C10H12O3S. The van der Waals surface area contributed by atoms with Crippen molar-refractivity contribution < 1.29 is 13.5 Å². The lowest BCUT2D eigenvalue weighted by Crippen LogP contribution is -1.99. The van der Waals surface area contributed by atoms with E-state index in [4.69, 9.17) is 5.11 Å². The molecule has 14 heavy (non-hydrogen) atoms. The van der Waals surface area contributed by atoms with Gasteiger partial charge in [0.05, 0.1) is 11.0 Å². The van der Waals surface area contributed by atoms with Crippen molar-refractivity contribution in [2.24, 2.45) is 0 Å². The van der Waals surface area contributed by atoms with Crippen LogP contribution < -0.4 is 0 Å². The van der Waals surface area contributed by atoms with Crippen molar-refractivity contribution in [2.45, 2.75) is 17.9 Å². The van der Waals surface area contributed by atoms with E-state index in [2.05, 4.69) is 0 Å². The number of benzene rings is 1. The Morgan fingerprint density at radius 1 is 1.29 bits per heavy atom. The molecule has 0 fully saturated rings. The zero-order chi connectivity index (χ0) is 10.6. The van der Waals surface area contributed by atoms with Gasteiger partial charge < -0.3 is 5.11 Å². The smallest absolute Gasteiger partial charge is 0.199 e. The third kappa shape index (κ3) is 2.97. The van der Waals surface area contributed by atoms with Crippen molar-refractivity contribution in [3.8, 4) is 0 Å². The van der Waals surface area contributed by atoms with Crippen molar-refractivity contribution in [1.29, 1.82) is 0 Å². The van der Waals surface area contributed by atoms with E-state index < -0.39 is 15.9 Å². The molecule has 0 saturated heterocycles. The topological polar surface area (TPSA) is 54.4 Å². The minimum atomic E-state index is -3.40. The molecule has 0 saturated carbocycles. The summed E-state index contributed by atoms with van der Waals surface area (Å²) in [4.78, 5) is 0.233. The van der Waals surface area contributed by atoms with E-state index in [1.165, 1.54) is 25.1 Å². The average Bonchev–Trinajstić information content (AvgIpc) is 2.16. The molecular weight excluding hydrogens is 200 g/mol. The van der Waals surface area contributed by atoms with E-state index in [9.17, 15) is 8.42 Å². The molecule has 76 valence electrons. The molecule has 0 heterocycles. The van der Waals surface area contributed by atoms with Crippen molar-refractivity contribution in [1.82, 2.24) is 0 Å². The lowest BCUT2D eigenvalue weighted by Gasteiger charge is -1.98. The molecule has 0 unspecified atom stereocenters. The molecule has 3 nitrogen and oxygen atoms in total. The van der Waals surface area contributed by atoms with E-state index >= 15 is 0 Å². The third-order valence-corrected chi connectivity index (χ3v) is 3.05. The first-order valence-corrected chi connectivity index (χ1v) is 5.73. The fraction of sp³-hybridized carbons (Fsp3) is 0.200. The summed E-state index contributed by atoms with van der Waals surface area (Å²) in [6, 6.07) is 8.09. The third-order valence-electron chi connectivity index (χ3n) is 1.61. The second-order valence-electron chi connectivity index (χ2n) is 2.93. The van der Waals surface area contributed by atoms with Crippen LogP contribution in [0.5, 0.6) is 0 Å². The number of aliphatic hydroxyl groups excluding tert-OH is 1. The highest BCUT2D eigenvalue weighted by molar-refractivity contribution is 7.94. The second kappa shape index (κ2) is 4.39. The first-order valence-electron chi connectivity index (χ1n) is 4.19. The summed E-state index contributed by atoms with van der Waals surface area (Å²) in [5, 5.41) is 9.93. The van der Waals surface area contributed by atoms with E-state index in [1.807, 2.05) is 0 Å². The number of sulfone groups is 1. The standard InChI is InChI=1S/C10H12O3S/c1-9(11)7-8-14(12,13)10-5-3-2-4-6-10/h2-9,11H,1H3/b8-7+/t9-/m0/s1. The number of rotatable bonds is 3. The predicted octanol–water partition coefficient (Wildman–Crippen LogP) is 1.35. The van der Waals surface area contributed by atoms with Crippen LogP contribution in [0.15, 0.2) is 46.7 Å². The van der Waals surface area contributed by atoms with Gasteiger partial charge in [-0.3, -0.25) is 0 Å². The molecule has 0 radical (unpaired) electrons. The highest BCUT2D eigenvalue weighted by Gasteiger charge is 2.08. The maximum absolute atomic E-state index is 11.5. The summed E-state index contributed by atoms with van der Waals surface area (Å²) in [7, 11) is -3.40. The lowest BCUT2D eigenvalue weighted by molar-refractivity contribution is 0.244. The SMILES string of the molecule is C[C@H](O)/C=C/S(=O)(=O)c1ccccc1. The Kier molecular flexibility index (Phi) is 3.43. The Morgan fingerprint density at radius 3 is 2.36 bits per heavy atom. The number of hydrogen-bond donors (Lipinski definition) is 1. The van der Waals surface area contributed by atoms with Gasteiger partial charge in [0, 0.05) is 5.41 Å². The molecule has 1 N–H and O–H groups in total. The fourth-order valence-corrected chi connectivity index (χ4v) is 2.03. The molecule has 1 atom stereocenters. The van der Waals surface area contributed by atoms with Crippen LogP contribution in [-0.4, -0.2) is 19.6 Å². The van der Waals surface area contributed by atoms with Crippen LogP contribution in [0.1, 0.15) is 6.92 Å². The first-order chi connectivity index (χ1) is 6.52. The highest BCUT2D eigenvalue weighted by Crippen LogP contribution is 2.11. The van der Waals surface area contributed by atoms with Crippen molar-refractivity contribution >= 4 is 9.84 Å². The molecule has 0 aliphatic carbocycles. The zero-order valence-corrected chi connectivity index (χ0v) is 8.61. The van der Waals surface area contributed by atoms with Crippen molar-refractivity contribution in [2.75, 3.05) is 0 Å². The van der Waals surface area contributed by atoms with Crippen LogP contribution in [-0.2, 0) is 9.84 Å². The molecule has 0 spiro atoms. The second-order valence-corrected chi connectivity index (χ2v) is 4.76. The molecule has 0 aliphatic heterocycles. The van der Waals surface area contributed by atoms with Crippen molar-refractivity contribution in [3.05, 3.63) is 41.8 Å². The molecule has 0 aromatic heterocycles. The van der Waals surface area contributed by atoms with Crippen LogP contribution in [0.25, 0.3) is 0 Å². The summed E-state index contributed by atoms with van der Waals surface area (Å²) in [5.74, 6) is 0. The summed E-state index contributed by atoms with van der Waals surface area (Å²) in [6.07, 6.45) is 0.482. The van der Waals surface area contributed by atoms with E-state index in [-0.39, 0.29) is 4.90 Å². The van der Waals surface area contributed by atoms with Gasteiger partial charge in [0.25, 0.3) is 0 Å². The maximum atomic E-state index is 11.5. The number of aliphatic hydroxyl groups is 1. The van der Waals surface area contributed by atoms with E-state index in [0.29, 0.717) is 0 Å². The monoisotopic (exact) mass is 212 g/mol. The van der Waals surface area contributed by atoms with Crippen LogP contribution in [0.4, 0.5) is 0 Å². The van der Waals surface area contributed by atoms with Gasteiger partial charge in [-0.05, 0) is 25.1 Å². The quantitative estimate of drug-likeness (QED) is 0.823. The summed E-state index contributed by atoms with van der Waals surface area (Å²) >= 11 is 0. The number of hydrogen-bond acceptors (Lipinski definition) is 3. The van der Waals surface area contributed by atoms with Gasteiger partial charge in [-0.2, -0.15) is 0 Å². The minimum Gasteiger partial charge on any atom is -0.389 e. The van der Waals surface area contributed by atoms with Gasteiger partial charge in [0.1, 0.15) is 0 Å². The Balaban J connectivity index is 2.99. The van der Waals surface area contributed by atoms with Crippen LogP contribution in [0, 0.1) is 0 Å². The maximum Gasteiger partial charge on any atom is 0.199 e. The molecule has 1 aromatic rings. The fourth-order valence-electron chi connectivity index (χ4n) is 0.906. The Bertz CT molecular complexity index is 404. The summed E-state index contributed by atoms with van der Waals surface area (Å²) in [6.45, 7) is 1.50. The minimum absolute atomic E-state index is 0.233. The molecule has 1 aromatic carbocycles. The normalized spacial score (nSPS) is 14.4. The molecule has 0 bridgehead atoms. The van der Waals surface area contributed by atoms with Crippen LogP contribution >= 0.6 is 0 Å². The lowest BCUT2D eigenvalue weighted by atomic mass is 10.4. The molecule has 0 amide bonds. The van der Waals surface area contributed by atoms with Crippen LogP contribution in [0.2, 0.25) is 0 Å². The van der Waals surface area contributed by atoms with E-state index in [0.717, 1.165) is 5.41 Å². The largest absolute Gasteiger partial charge is 0.389 e. The highest BCUT2D eigenvalue weighted by atomic mass is 32.2. The zero-order valence-electron chi connectivity index (χ0n) is 7.79. The van der Waals surface area contributed by atoms with Gasteiger partial charge in [0.2, 0.25) is 0 Å². The predicted molar refractivity (Wildman–Crippen MR) is 54.4 cm³/mol. The Labute approximate surface area is 83.6 Å². The first kappa shape index (κ1) is 10.9. The molecule has 0 aliphatic rings. The summed E-state index contributed by atoms with van der Waals surface area (Å²) < 4.78 is 23.1. The van der Waals surface area contributed by atoms with Crippen LogP contribution in [0.3, 0.4) is 0 Å². The van der Waals surface area contributed by atoms with E-state index in [1.54, 1.807) is 18.2 Å². The Hall–Kier alpha value is -1.13. The van der Waals surface area contributed by atoms with Gasteiger partial charge in [-0.1, -0.05) is 18.2 Å². The van der Waals surface area contributed by atoms with Gasteiger partial charge in [-0.15, -0.1) is 0 Å². The molecule has 4 heteroatoms.